The lowest BCUT2D eigenvalue weighted by molar-refractivity contribution is -0.138. The number of aliphatic hydroxyl groups is 1. The first-order chi connectivity index (χ1) is 18.5. The fourth-order valence-electron chi connectivity index (χ4n) is 6.77. The third kappa shape index (κ3) is 3.34. The van der Waals surface area contributed by atoms with Gasteiger partial charge in [0, 0.05) is 7.05 Å². The number of carbonyl (C=O) groups excluding carboxylic acids is 4. The molecule has 6 rings (SSSR count). The van der Waals surface area contributed by atoms with Gasteiger partial charge in [-0.25, -0.2) is 0 Å². The van der Waals surface area contributed by atoms with Crippen molar-refractivity contribution in [2.75, 3.05) is 11.9 Å². The Bertz CT molecular complexity index is 1480. The zero-order chi connectivity index (χ0) is 28.0. The summed E-state index contributed by atoms with van der Waals surface area (Å²) in [6.07, 6.45) is 1.79. The molecule has 3 fully saturated rings. The van der Waals surface area contributed by atoms with Crippen LogP contribution in [0.4, 0.5) is 5.69 Å². The van der Waals surface area contributed by atoms with Crippen molar-refractivity contribution >= 4 is 65.1 Å². The fourth-order valence-corrected chi connectivity index (χ4v) is 7.77. The van der Waals surface area contributed by atoms with Crippen LogP contribution in [0.3, 0.4) is 0 Å². The standard InChI is InChI=1S/C26H23BCl2N2O8/c1-30-23(35)25(28)10-17-15(20(26(25,29)24(30)36)18-8-5-14(11-32)39-18)6-7-16-19(17)22(34)31(21(16)33)13-4-2-3-12(9-13)27(37)38/h2-6,8-9,16-17,19-20,32,37-38H,7,10-11H2,1H3/t16-,17+,19-,20+,25+,26-/m0/s1. The minimum absolute atomic E-state index is 0.113. The molecule has 1 aromatic carbocycles. The summed E-state index contributed by atoms with van der Waals surface area (Å²) in [5.41, 5.74) is 0.874. The van der Waals surface area contributed by atoms with Crippen LogP contribution in [0.15, 0.2) is 52.5 Å². The van der Waals surface area contributed by atoms with Crippen molar-refractivity contribution in [1.29, 1.82) is 0 Å². The van der Waals surface area contributed by atoms with Gasteiger partial charge in [-0.15, -0.1) is 23.2 Å². The van der Waals surface area contributed by atoms with Crippen molar-refractivity contribution in [2.45, 2.75) is 35.1 Å². The van der Waals surface area contributed by atoms with Crippen molar-refractivity contribution in [1.82, 2.24) is 4.90 Å². The zero-order valence-electron chi connectivity index (χ0n) is 20.6. The largest absolute Gasteiger partial charge is 0.488 e. The van der Waals surface area contributed by atoms with Gasteiger partial charge in [0.2, 0.25) is 11.8 Å². The third-order valence-electron chi connectivity index (χ3n) is 8.56. The van der Waals surface area contributed by atoms with E-state index in [0.29, 0.717) is 5.57 Å². The Hall–Kier alpha value is -2.96. The molecule has 4 aliphatic rings. The first kappa shape index (κ1) is 26.3. The predicted octanol–water partition coefficient (Wildman–Crippen LogP) is 0.645. The SMILES string of the molecule is CN1C(=O)[C@]2(Cl)C[C@@H]3C(=CC[C@@H]4C(=O)N(c5cccc(B(O)O)c5)C(=O)[C@@H]43)[C@H](c3ccc(CO)o3)[C@]2(Cl)C1=O. The number of anilines is 1. The minimum atomic E-state index is -1.96. The number of fused-ring (bicyclic) bond motifs is 4. The Morgan fingerprint density at radius 3 is 2.46 bits per heavy atom. The predicted molar refractivity (Wildman–Crippen MR) is 139 cm³/mol. The molecule has 6 atom stereocenters. The second-order valence-corrected chi connectivity index (χ2v) is 11.7. The quantitative estimate of drug-likeness (QED) is 0.209. The molecule has 4 amide bonds. The van der Waals surface area contributed by atoms with Crippen LogP contribution in [-0.2, 0) is 25.8 Å². The Morgan fingerprint density at radius 1 is 1.05 bits per heavy atom. The lowest BCUT2D eigenvalue weighted by Crippen LogP contribution is -2.60. The molecule has 2 aromatic rings. The Balaban J connectivity index is 1.48. The zero-order valence-corrected chi connectivity index (χ0v) is 22.1. The van der Waals surface area contributed by atoms with Gasteiger partial charge in [-0.3, -0.25) is 29.0 Å². The molecule has 2 aliphatic heterocycles. The Morgan fingerprint density at radius 2 is 1.79 bits per heavy atom. The summed E-state index contributed by atoms with van der Waals surface area (Å²) in [7, 11) is -0.495. The van der Waals surface area contributed by atoms with E-state index >= 15 is 0 Å². The van der Waals surface area contributed by atoms with E-state index in [-0.39, 0.29) is 35.5 Å². The number of furan rings is 1. The van der Waals surface area contributed by atoms with Crippen LogP contribution in [0.1, 0.15) is 30.3 Å². The van der Waals surface area contributed by atoms with E-state index in [1.165, 1.54) is 37.4 Å². The maximum Gasteiger partial charge on any atom is 0.488 e. The normalized spacial score (nSPS) is 33.7. The van der Waals surface area contributed by atoms with Crippen LogP contribution in [0, 0.1) is 17.8 Å². The number of carbonyl (C=O) groups is 4. The average Bonchev–Trinajstić information content (AvgIpc) is 3.53. The molecule has 2 saturated heterocycles. The maximum absolute atomic E-state index is 13.9. The number of nitrogens with zero attached hydrogens (tertiary/aromatic N) is 2. The summed E-state index contributed by atoms with van der Waals surface area (Å²) in [4.78, 5) is 52.4. The Labute approximate surface area is 232 Å². The van der Waals surface area contributed by atoms with Crippen LogP contribution >= 0.6 is 23.2 Å². The molecule has 202 valence electrons. The van der Waals surface area contributed by atoms with Gasteiger partial charge >= 0.3 is 7.12 Å². The highest BCUT2D eigenvalue weighted by Gasteiger charge is 2.76. The van der Waals surface area contributed by atoms with Crippen molar-refractivity contribution in [2.24, 2.45) is 17.8 Å². The molecule has 10 nitrogen and oxygen atoms in total. The lowest BCUT2D eigenvalue weighted by Gasteiger charge is -2.49. The number of imide groups is 2. The van der Waals surface area contributed by atoms with Crippen LogP contribution in [0.5, 0.6) is 0 Å². The van der Waals surface area contributed by atoms with Gasteiger partial charge in [0.25, 0.3) is 11.8 Å². The first-order valence-corrected chi connectivity index (χ1v) is 13.1. The van der Waals surface area contributed by atoms with E-state index in [1.54, 1.807) is 12.1 Å². The summed E-state index contributed by atoms with van der Waals surface area (Å²) in [5, 5.41) is 28.8. The molecule has 1 aromatic heterocycles. The highest BCUT2D eigenvalue weighted by atomic mass is 35.5. The number of rotatable bonds is 4. The summed E-state index contributed by atoms with van der Waals surface area (Å²) < 4.78 is 5.82. The average molecular weight is 573 g/mol. The molecule has 0 unspecified atom stereocenters. The molecule has 0 spiro atoms. The topological polar surface area (TPSA) is 149 Å². The smallest absolute Gasteiger partial charge is 0.463 e. The minimum Gasteiger partial charge on any atom is -0.463 e. The number of amides is 4. The number of hydrogen-bond donors (Lipinski definition) is 3. The number of halogens is 2. The number of benzene rings is 1. The lowest BCUT2D eigenvalue weighted by atomic mass is 9.57. The molecule has 3 N–H and O–H groups in total. The van der Waals surface area contributed by atoms with Gasteiger partial charge in [0.1, 0.15) is 18.1 Å². The van der Waals surface area contributed by atoms with Crippen molar-refractivity contribution in [3.8, 4) is 0 Å². The van der Waals surface area contributed by atoms with Gasteiger partial charge < -0.3 is 19.6 Å². The molecular formula is C26H23BCl2N2O8. The first-order valence-electron chi connectivity index (χ1n) is 12.4. The van der Waals surface area contributed by atoms with Gasteiger partial charge in [-0.05, 0) is 48.5 Å². The van der Waals surface area contributed by atoms with Crippen molar-refractivity contribution < 1.29 is 38.7 Å². The molecule has 13 heteroatoms. The van der Waals surface area contributed by atoms with Gasteiger partial charge in [-0.1, -0.05) is 23.8 Å². The monoisotopic (exact) mass is 572 g/mol. The van der Waals surface area contributed by atoms with Crippen molar-refractivity contribution in [3.63, 3.8) is 0 Å². The van der Waals surface area contributed by atoms with E-state index in [4.69, 9.17) is 27.6 Å². The number of aliphatic hydroxyl groups excluding tert-OH is 1. The second kappa shape index (κ2) is 8.77. The third-order valence-corrected chi connectivity index (χ3v) is 9.98. The van der Waals surface area contributed by atoms with Crippen LogP contribution in [0.25, 0.3) is 0 Å². The highest BCUT2D eigenvalue weighted by Crippen LogP contribution is 2.65. The van der Waals surface area contributed by atoms with E-state index < -0.39 is 70.8 Å². The van der Waals surface area contributed by atoms with Gasteiger partial charge in [0.05, 0.1) is 23.4 Å². The summed E-state index contributed by atoms with van der Waals surface area (Å²) in [5.74, 6) is -5.38. The Kier molecular flexibility index (Phi) is 5.91. The maximum atomic E-state index is 13.9. The van der Waals surface area contributed by atoms with Gasteiger partial charge in [0.15, 0.2) is 9.75 Å². The van der Waals surface area contributed by atoms with E-state index in [9.17, 15) is 34.3 Å². The van der Waals surface area contributed by atoms with Crippen LogP contribution in [0.2, 0.25) is 0 Å². The second-order valence-electron chi connectivity index (χ2n) is 10.4. The molecule has 3 heterocycles. The summed E-state index contributed by atoms with van der Waals surface area (Å²) >= 11 is 14.1. The van der Waals surface area contributed by atoms with E-state index in [1.807, 2.05) is 0 Å². The van der Waals surface area contributed by atoms with Crippen LogP contribution < -0.4 is 10.4 Å². The number of hydrogen-bond acceptors (Lipinski definition) is 8. The molecule has 0 bridgehead atoms. The van der Waals surface area contributed by atoms with E-state index in [2.05, 4.69) is 0 Å². The summed E-state index contributed by atoms with van der Waals surface area (Å²) in [6, 6.07) is 8.94. The molecule has 39 heavy (non-hydrogen) atoms. The molecule has 1 saturated carbocycles. The van der Waals surface area contributed by atoms with Crippen LogP contribution in [-0.4, -0.2) is 67.6 Å². The fraction of sp³-hybridized carbons (Fsp3) is 0.385. The number of likely N-dealkylation sites (tertiary alicyclic amines) is 1. The van der Waals surface area contributed by atoms with Gasteiger partial charge in [-0.2, -0.15) is 0 Å². The number of allylic oxidation sites excluding steroid dienone is 2. The number of alkyl halides is 2. The molecule has 2 aliphatic carbocycles. The molecule has 0 radical (unpaired) electrons. The summed E-state index contributed by atoms with van der Waals surface area (Å²) in [6.45, 7) is -0.405. The van der Waals surface area contributed by atoms with E-state index in [0.717, 1.165) is 9.80 Å². The van der Waals surface area contributed by atoms with Crippen molar-refractivity contribution in [3.05, 3.63) is 59.6 Å². The highest BCUT2D eigenvalue weighted by molar-refractivity contribution is 6.58. The molecular weight excluding hydrogens is 550 g/mol.